The number of amides is 1. The Morgan fingerprint density at radius 3 is 2.25 bits per heavy atom. The molecule has 0 aromatic heterocycles. The van der Waals surface area contributed by atoms with E-state index >= 15 is 0 Å². The first-order valence-electron chi connectivity index (χ1n) is 4.59. The number of carboxylic acid groups (broad SMARTS) is 1. The summed E-state index contributed by atoms with van der Waals surface area (Å²) in [6.07, 6.45) is -1.55. The predicted molar refractivity (Wildman–Crippen MR) is 52.1 cm³/mol. The van der Waals surface area contributed by atoms with Crippen molar-refractivity contribution < 1.29 is 54.5 Å². The maximum Gasteiger partial charge on any atom is 1.00 e. The minimum atomic E-state index is -1.35. The molecule has 7 heteroatoms. The topological polar surface area (TPSA) is 107 Å². The van der Waals surface area contributed by atoms with Crippen LogP contribution in [-0.4, -0.2) is 46.5 Å². The molecular weight excluding hydrogens is 225 g/mol. The Balaban J connectivity index is 0. The van der Waals surface area contributed by atoms with Crippen LogP contribution in [-0.2, 0) is 9.59 Å². The summed E-state index contributed by atoms with van der Waals surface area (Å²) < 4.78 is 0. The Morgan fingerprint density at radius 2 is 1.88 bits per heavy atom. The van der Waals surface area contributed by atoms with Crippen molar-refractivity contribution in [3.63, 3.8) is 0 Å². The maximum atomic E-state index is 11.3. The van der Waals surface area contributed by atoms with Crippen LogP contribution in [0, 0.1) is 5.41 Å². The van der Waals surface area contributed by atoms with Gasteiger partial charge in [0.1, 0.15) is 6.10 Å². The summed E-state index contributed by atoms with van der Waals surface area (Å²) in [4.78, 5) is 21.4. The first-order chi connectivity index (χ1) is 6.81. The molecule has 0 radical (unpaired) electrons. The molecule has 16 heavy (non-hydrogen) atoms. The molecule has 0 bridgehead atoms. The molecule has 4 N–H and O–H groups in total. The van der Waals surface area contributed by atoms with Crippen LogP contribution < -0.4 is 34.9 Å². The van der Waals surface area contributed by atoms with Gasteiger partial charge in [0.2, 0.25) is 5.91 Å². The van der Waals surface area contributed by atoms with Gasteiger partial charge in [0.25, 0.3) is 0 Å². The fraction of sp³-hybridized carbons (Fsp3) is 0.778. The SMILES string of the molecule is CC(C)(CO)[C@@H](O)C(=O)NCCC(=O)O.[Na+]. The maximum absolute atomic E-state index is 11.3. The summed E-state index contributed by atoms with van der Waals surface area (Å²) in [5.74, 6) is -1.69. The molecule has 0 aliphatic carbocycles. The number of nitrogens with one attached hydrogen (secondary N) is 1. The summed E-state index contributed by atoms with van der Waals surface area (Å²) in [6.45, 7) is 2.70. The Labute approximate surface area is 116 Å². The Kier molecular flexibility index (Phi) is 9.14. The number of carbonyl (C=O) groups is 2. The van der Waals surface area contributed by atoms with E-state index in [1.54, 1.807) is 0 Å². The summed E-state index contributed by atoms with van der Waals surface area (Å²) in [6, 6.07) is 0. The molecule has 0 saturated heterocycles. The Hall–Kier alpha value is -0.140. The number of rotatable bonds is 6. The quantitative estimate of drug-likeness (QED) is 0.355. The number of aliphatic hydroxyl groups is 2. The van der Waals surface area contributed by atoms with E-state index in [-0.39, 0.29) is 49.1 Å². The van der Waals surface area contributed by atoms with Crippen molar-refractivity contribution >= 4 is 11.9 Å². The van der Waals surface area contributed by atoms with Crippen molar-refractivity contribution in [3.8, 4) is 0 Å². The third-order valence-corrected chi connectivity index (χ3v) is 2.03. The smallest absolute Gasteiger partial charge is 0.481 e. The summed E-state index contributed by atoms with van der Waals surface area (Å²) in [5.41, 5.74) is -0.937. The molecule has 0 rings (SSSR count). The zero-order chi connectivity index (χ0) is 12.1. The zero-order valence-corrected chi connectivity index (χ0v) is 11.9. The number of hydrogen-bond acceptors (Lipinski definition) is 4. The van der Waals surface area contributed by atoms with Crippen LogP contribution in [0.1, 0.15) is 20.3 Å². The summed E-state index contributed by atoms with van der Waals surface area (Å²) >= 11 is 0. The van der Waals surface area contributed by atoms with E-state index in [0.717, 1.165) is 0 Å². The third-order valence-electron chi connectivity index (χ3n) is 2.03. The van der Waals surface area contributed by atoms with Gasteiger partial charge < -0.3 is 20.6 Å². The zero-order valence-electron chi connectivity index (χ0n) is 9.86. The van der Waals surface area contributed by atoms with E-state index < -0.39 is 23.4 Å². The van der Waals surface area contributed by atoms with Crippen molar-refractivity contribution in [2.45, 2.75) is 26.4 Å². The van der Waals surface area contributed by atoms with Gasteiger partial charge in [0.15, 0.2) is 0 Å². The first-order valence-corrected chi connectivity index (χ1v) is 4.59. The van der Waals surface area contributed by atoms with Gasteiger partial charge >= 0.3 is 35.5 Å². The molecule has 0 aliphatic rings. The Morgan fingerprint density at radius 1 is 1.38 bits per heavy atom. The standard InChI is InChI=1S/C9H17NO5.Na/c1-9(2,5-11)7(14)8(15)10-4-3-6(12)13;/h7,11,14H,3-5H2,1-2H3,(H,10,15)(H,12,13);/q;+1/t7-;/m0./s1. The van der Waals surface area contributed by atoms with E-state index in [1.807, 2.05) is 0 Å². The Bertz CT molecular complexity index is 244. The molecule has 0 fully saturated rings. The number of hydrogen-bond donors (Lipinski definition) is 4. The van der Waals surface area contributed by atoms with E-state index in [1.165, 1.54) is 13.8 Å². The molecule has 6 nitrogen and oxygen atoms in total. The molecular formula is C9H17NNaO5+. The van der Waals surface area contributed by atoms with Crippen LogP contribution in [0.15, 0.2) is 0 Å². The molecule has 1 amide bonds. The predicted octanol–water partition coefficient (Wildman–Crippen LogP) is -4.04. The normalized spacial score (nSPS) is 12.5. The van der Waals surface area contributed by atoms with Gasteiger partial charge in [-0.1, -0.05) is 13.8 Å². The molecule has 0 aromatic rings. The summed E-state index contributed by atoms with van der Waals surface area (Å²) in [7, 11) is 0. The molecule has 88 valence electrons. The van der Waals surface area contributed by atoms with Crippen LogP contribution in [0.4, 0.5) is 0 Å². The van der Waals surface area contributed by atoms with Gasteiger partial charge in [0, 0.05) is 12.0 Å². The van der Waals surface area contributed by atoms with E-state index in [2.05, 4.69) is 5.32 Å². The summed E-state index contributed by atoms with van der Waals surface area (Å²) in [5, 5.41) is 29.0. The molecule has 0 heterocycles. The second-order valence-corrected chi connectivity index (χ2v) is 3.98. The molecule has 1 atom stereocenters. The minimum absolute atomic E-state index is 0. The van der Waals surface area contributed by atoms with Crippen molar-refractivity contribution in [2.24, 2.45) is 5.41 Å². The second-order valence-electron chi connectivity index (χ2n) is 3.98. The van der Waals surface area contributed by atoms with Crippen LogP contribution in [0.25, 0.3) is 0 Å². The van der Waals surface area contributed by atoms with Crippen molar-refractivity contribution in [1.82, 2.24) is 5.32 Å². The minimum Gasteiger partial charge on any atom is -0.481 e. The molecule has 0 unspecified atom stereocenters. The van der Waals surface area contributed by atoms with Crippen molar-refractivity contribution in [3.05, 3.63) is 0 Å². The van der Waals surface area contributed by atoms with Gasteiger partial charge in [-0.25, -0.2) is 0 Å². The monoisotopic (exact) mass is 242 g/mol. The fourth-order valence-electron chi connectivity index (χ4n) is 0.831. The van der Waals surface area contributed by atoms with Gasteiger partial charge in [-0.05, 0) is 0 Å². The number of aliphatic hydroxyl groups excluding tert-OH is 2. The first kappa shape index (κ1) is 18.2. The van der Waals surface area contributed by atoms with E-state index in [9.17, 15) is 14.7 Å². The fourth-order valence-corrected chi connectivity index (χ4v) is 0.831. The largest absolute Gasteiger partial charge is 1.00 e. The molecule has 0 aromatic carbocycles. The van der Waals surface area contributed by atoms with Gasteiger partial charge in [-0.3, -0.25) is 9.59 Å². The third kappa shape index (κ3) is 6.44. The average Bonchev–Trinajstić information content (AvgIpc) is 2.15. The molecule has 0 saturated carbocycles. The van der Waals surface area contributed by atoms with Crippen molar-refractivity contribution in [2.75, 3.05) is 13.2 Å². The number of carboxylic acids is 1. The van der Waals surface area contributed by atoms with Gasteiger partial charge in [0.05, 0.1) is 13.0 Å². The van der Waals surface area contributed by atoms with Crippen LogP contribution in [0.5, 0.6) is 0 Å². The number of aliphatic carboxylic acids is 1. The van der Waals surface area contributed by atoms with Crippen LogP contribution in [0.3, 0.4) is 0 Å². The van der Waals surface area contributed by atoms with Crippen molar-refractivity contribution in [1.29, 1.82) is 0 Å². The van der Waals surface area contributed by atoms with Gasteiger partial charge in [-0.2, -0.15) is 0 Å². The number of carbonyl (C=O) groups excluding carboxylic acids is 1. The second kappa shape index (κ2) is 8.03. The average molecular weight is 242 g/mol. The van der Waals surface area contributed by atoms with Crippen LogP contribution in [0.2, 0.25) is 0 Å². The van der Waals surface area contributed by atoms with Crippen LogP contribution >= 0.6 is 0 Å². The van der Waals surface area contributed by atoms with Gasteiger partial charge in [-0.15, -0.1) is 0 Å². The van der Waals surface area contributed by atoms with E-state index in [0.29, 0.717) is 0 Å². The molecule has 0 aliphatic heterocycles. The van der Waals surface area contributed by atoms with E-state index in [4.69, 9.17) is 10.2 Å². The molecule has 0 spiro atoms.